The van der Waals surface area contributed by atoms with E-state index in [0.717, 1.165) is 46.2 Å². The van der Waals surface area contributed by atoms with Gasteiger partial charge in [-0.2, -0.15) is 5.10 Å². The molecule has 0 spiro atoms. The molecular weight excluding hydrogens is 341 g/mol. The van der Waals surface area contributed by atoms with Gasteiger partial charge in [0.2, 0.25) is 0 Å². The number of aromatic nitrogens is 3. The van der Waals surface area contributed by atoms with E-state index in [1.165, 1.54) is 0 Å². The molecule has 3 rings (SSSR count). The number of hydrogen-bond donors (Lipinski definition) is 1. The first-order valence-corrected chi connectivity index (χ1v) is 7.20. The fourth-order valence-electron chi connectivity index (χ4n) is 2.58. The van der Waals surface area contributed by atoms with E-state index >= 15 is 0 Å². The van der Waals surface area contributed by atoms with Gasteiger partial charge in [0, 0.05) is 0 Å². The van der Waals surface area contributed by atoms with Crippen LogP contribution in [0.3, 0.4) is 0 Å². The molecule has 18 heavy (non-hydrogen) atoms. The van der Waals surface area contributed by atoms with Crippen molar-refractivity contribution in [2.75, 3.05) is 25.9 Å². The van der Waals surface area contributed by atoms with Gasteiger partial charge in [-0.1, -0.05) is 0 Å². The highest BCUT2D eigenvalue weighted by Gasteiger charge is 2.22. The Morgan fingerprint density at radius 3 is 2.78 bits per heavy atom. The number of fused-ring (bicyclic) bond motifs is 1. The third-order valence-corrected chi connectivity index (χ3v) is 4.39. The van der Waals surface area contributed by atoms with Crippen molar-refractivity contribution in [3.05, 3.63) is 16.1 Å². The summed E-state index contributed by atoms with van der Waals surface area (Å²) >= 11 is 2.25. The molecule has 0 unspecified atom stereocenters. The van der Waals surface area contributed by atoms with Crippen molar-refractivity contribution in [1.82, 2.24) is 19.7 Å². The maximum Gasteiger partial charge on any atom is 0.133 e. The van der Waals surface area contributed by atoms with E-state index in [1.54, 1.807) is 6.20 Å². The van der Waals surface area contributed by atoms with Gasteiger partial charge >= 0.3 is 0 Å². The zero-order valence-electron chi connectivity index (χ0n) is 10.3. The molecule has 5 nitrogen and oxygen atoms in total. The molecule has 0 aliphatic carbocycles. The molecule has 0 saturated carbocycles. The Balaban J connectivity index is 2.05. The van der Waals surface area contributed by atoms with Crippen LogP contribution in [0.15, 0.2) is 12.4 Å². The number of pyridine rings is 1. The third-order valence-electron chi connectivity index (χ3n) is 3.64. The van der Waals surface area contributed by atoms with Crippen LogP contribution in [0.1, 0.15) is 18.9 Å². The predicted molar refractivity (Wildman–Crippen MR) is 80.4 cm³/mol. The van der Waals surface area contributed by atoms with Gasteiger partial charge in [-0.05, 0) is 55.6 Å². The number of nitrogens with zero attached hydrogens (tertiary/aromatic N) is 4. The fourth-order valence-corrected chi connectivity index (χ4v) is 3.40. The molecule has 1 aliphatic heterocycles. The summed E-state index contributed by atoms with van der Waals surface area (Å²) in [6, 6.07) is 0.468. The maximum atomic E-state index is 5.99. The minimum Gasteiger partial charge on any atom is -0.397 e. The summed E-state index contributed by atoms with van der Waals surface area (Å²) in [5.41, 5.74) is 7.78. The second-order valence-electron chi connectivity index (χ2n) is 4.89. The molecule has 6 heteroatoms. The Morgan fingerprint density at radius 2 is 2.06 bits per heavy atom. The molecule has 1 saturated heterocycles. The van der Waals surface area contributed by atoms with Crippen LogP contribution in [0.25, 0.3) is 10.9 Å². The molecule has 2 aromatic heterocycles. The normalized spacial score (nSPS) is 18.6. The number of piperidine rings is 1. The third kappa shape index (κ3) is 1.97. The Morgan fingerprint density at radius 1 is 1.33 bits per heavy atom. The van der Waals surface area contributed by atoms with Crippen LogP contribution in [-0.2, 0) is 0 Å². The molecule has 0 atom stereocenters. The molecule has 0 radical (unpaired) electrons. The summed E-state index contributed by atoms with van der Waals surface area (Å²) in [5, 5.41) is 5.71. The Kier molecular flexibility index (Phi) is 3.14. The van der Waals surface area contributed by atoms with E-state index in [1.807, 2.05) is 6.20 Å². The van der Waals surface area contributed by atoms with E-state index in [4.69, 9.17) is 5.73 Å². The van der Waals surface area contributed by atoms with Crippen molar-refractivity contribution in [1.29, 1.82) is 0 Å². The molecule has 0 amide bonds. The SMILES string of the molecule is CN1CCC(n2nc(I)c3c(N)cncc32)CC1. The van der Waals surface area contributed by atoms with E-state index < -0.39 is 0 Å². The molecule has 2 N–H and O–H groups in total. The lowest BCUT2D eigenvalue weighted by atomic mass is 10.1. The van der Waals surface area contributed by atoms with Crippen LogP contribution in [0.2, 0.25) is 0 Å². The molecule has 96 valence electrons. The molecular formula is C12H16IN5. The summed E-state index contributed by atoms with van der Waals surface area (Å²) in [7, 11) is 2.17. The quantitative estimate of drug-likeness (QED) is 0.792. The number of hydrogen-bond acceptors (Lipinski definition) is 4. The number of nitrogen functional groups attached to an aromatic ring is 1. The lowest BCUT2D eigenvalue weighted by Gasteiger charge is -2.29. The second kappa shape index (κ2) is 4.65. The van der Waals surface area contributed by atoms with Gasteiger partial charge in [0.15, 0.2) is 0 Å². The monoisotopic (exact) mass is 357 g/mol. The molecule has 1 fully saturated rings. The fraction of sp³-hybridized carbons (Fsp3) is 0.500. The average Bonchev–Trinajstić information content (AvgIpc) is 2.69. The molecule has 1 aliphatic rings. The van der Waals surface area contributed by atoms with Gasteiger partial charge in [-0.25, -0.2) is 0 Å². The van der Waals surface area contributed by atoms with Crippen LogP contribution >= 0.6 is 22.6 Å². The zero-order valence-corrected chi connectivity index (χ0v) is 12.5. The smallest absolute Gasteiger partial charge is 0.133 e. The number of nitrogens with two attached hydrogens (primary N) is 1. The largest absolute Gasteiger partial charge is 0.397 e. The number of likely N-dealkylation sites (tertiary alicyclic amines) is 1. The zero-order chi connectivity index (χ0) is 12.7. The molecule has 2 aromatic rings. The predicted octanol–water partition coefficient (Wildman–Crippen LogP) is 1.88. The minimum atomic E-state index is 0.468. The van der Waals surface area contributed by atoms with Gasteiger partial charge in [0.25, 0.3) is 0 Å². The molecule has 3 heterocycles. The van der Waals surface area contributed by atoms with Crippen molar-refractivity contribution >= 4 is 39.2 Å². The van der Waals surface area contributed by atoms with Crippen LogP contribution < -0.4 is 5.73 Å². The van der Waals surface area contributed by atoms with Gasteiger partial charge in [-0.15, -0.1) is 0 Å². The summed E-state index contributed by atoms with van der Waals surface area (Å²) in [4.78, 5) is 6.56. The topological polar surface area (TPSA) is 60.0 Å². The Bertz CT molecular complexity index is 571. The minimum absolute atomic E-state index is 0.468. The molecule has 0 bridgehead atoms. The standard InChI is InChI=1S/C12H16IN5/c1-17-4-2-8(3-5-17)18-10-7-15-6-9(14)11(10)12(13)16-18/h6-8H,2-5,14H2,1H3. The lowest BCUT2D eigenvalue weighted by Crippen LogP contribution is -2.31. The number of rotatable bonds is 1. The first-order chi connectivity index (χ1) is 8.66. The van der Waals surface area contributed by atoms with Crippen molar-refractivity contribution in [2.24, 2.45) is 0 Å². The van der Waals surface area contributed by atoms with Crippen LogP contribution in [0.5, 0.6) is 0 Å². The Hall–Kier alpha value is -0.890. The van der Waals surface area contributed by atoms with Crippen molar-refractivity contribution in [3.63, 3.8) is 0 Å². The van der Waals surface area contributed by atoms with Crippen LogP contribution in [-0.4, -0.2) is 39.8 Å². The number of anilines is 1. The summed E-state index contributed by atoms with van der Waals surface area (Å²) in [5.74, 6) is 0. The Labute approximate surface area is 119 Å². The first kappa shape index (κ1) is 12.2. The van der Waals surface area contributed by atoms with E-state index in [2.05, 4.69) is 49.3 Å². The average molecular weight is 357 g/mol. The lowest BCUT2D eigenvalue weighted by molar-refractivity contribution is 0.215. The molecule has 0 aromatic carbocycles. The van der Waals surface area contributed by atoms with Gasteiger partial charge < -0.3 is 10.6 Å². The second-order valence-corrected chi connectivity index (χ2v) is 5.91. The summed E-state index contributed by atoms with van der Waals surface area (Å²) in [6.45, 7) is 2.25. The maximum absolute atomic E-state index is 5.99. The summed E-state index contributed by atoms with van der Waals surface area (Å²) < 4.78 is 3.09. The van der Waals surface area contributed by atoms with Crippen molar-refractivity contribution < 1.29 is 0 Å². The first-order valence-electron chi connectivity index (χ1n) is 6.12. The summed E-state index contributed by atoms with van der Waals surface area (Å²) in [6.07, 6.45) is 5.85. The van der Waals surface area contributed by atoms with Gasteiger partial charge in [0.1, 0.15) is 3.70 Å². The highest BCUT2D eigenvalue weighted by atomic mass is 127. The highest BCUT2D eigenvalue weighted by molar-refractivity contribution is 14.1. The van der Waals surface area contributed by atoms with Gasteiger partial charge in [0.05, 0.1) is 35.0 Å². The van der Waals surface area contributed by atoms with E-state index in [9.17, 15) is 0 Å². The van der Waals surface area contributed by atoms with Crippen LogP contribution in [0, 0.1) is 3.70 Å². The number of halogens is 1. The van der Waals surface area contributed by atoms with Gasteiger partial charge in [-0.3, -0.25) is 9.67 Å². The van der Waals surface area contributed by atoms with Crippen LogP contribution in [0.4, 0.5) is 5.69 Å². The van der Waals surface area contributed by atoms with Crippen molar-refractivity contribution in [3.8, 4) is 0 Å². The highest BCUT2D eigenvalue weighted by Crippen LogP contribution is 2.30. The van der Waals surface area contributed by atoms with E-state index in [-0.39, 0.29) is 0 Å². The van der Waals surface area contributed by atoms with E-state index in [0.29, 0.717) is 6.04 Å². The van der Waals surface area contributed by atoms with Crippen molar-refractivity contribution in [2.45, 2.75) is 18.9 Å².